The first-order valence-corrected chi connectivity index (χ1v) is 11.8. The van der Waals surface area contributed by atoms with Gasteiger partial charge in [-0.3, -0.25) is 9.48 Å². The molecular formula is C19H18ClN3O3S2. The van der Waals surface area contributed by atoms with Crippen LogP contribution < -0.4 is 5.32 Å². The summed E-state index contributed by atoms with van der Waals surface area (Å²) in [6.07, 6.45) is 0.497. The molecule has 1 amide bonds. The summed E-state index contributed by atoms with van der Waals surface area (Å²) in [6, 6.07) is 10.6. The molecule has 1 aromatic carbocycles. The minimum atomic E-state index is -3.07. The maximum absolute atomic E-state index is 12.8. The summed E-state index contributed by atoms with van der Waals surface area (Å²) >= 11 is 7.65. The van der Waals surface area contributed by atoms with Gasteiger partial charge in [0, 0.05) is 10.7 Å². The fraction of sp³-hybridized carbons (Fsp3) is 0.263. The molecule has 0 bridgehead atoms. The molecule has 28 heavy (non-hydrogen) atoms. The molecule has 146 valence electrons. The van der Waals surface area contributed by atoms with Crippen LogP contribution >= 0.6 is 22.9 Å². The van der Waals surface area contributed by atoms with Gasteiger partial charge in [-0.1, -0.05) is 23.7 Å². The third kappa shape index (κ3) is 3.72. The summed E-state index contributed by atoms with van der Waals surface area (Å²) in [5.74, 6) is -0.172. The van der Waals surface area contributed by atoms with Crippen LogP contribution in [-0.4, -0.2) is 35.6 Å². The molecule has 0 aliphatic carbocycles. The number of rotatable bonds is 4. The van der Waals surface area contributed by atoms with E-state index in [2.05, 4.69) is 10.4 Å². The number of hydrogen-bond donors (Lipinski definition) is 1. The number of amides is 1. The van der Waals surface area contributed by atoms with E-state index in [1.54, 1.807) is 28.9 Å². The van der Waals surface area contributed by atoms with Crippen molar-refractivity contribution in [2.24, 2.45) is 0 Å². The van der Waals surface area contributed by atoms with Crippen molar-refractivity contribution < 1.29 is 13.2 Å². The summed E-state index contributed by atoms with van der Waals surface area (Å²) in [4.78, 5) is 13.7. The zero-order chi connectivity index (χ0) is 19.9. The number of halogens is 1. The monoisotopic (exact) mass is 435 g/mol. The highest BCUT2D eigenvalue weighted by atomic mass is 35.5. The lowest BCUT2D eigenvalue weighted by Gasteiger charge is -2.12. The number of thiophene rings is 1. The van der Waals surface area contributed by atoms with Crippen LogP contribution in [0.4, 0.5) is 5.69 Å². The Morgan fingerprint density at radius 2 is 2.14 bits per heavy atom. The Morgan fingerprint density at radius 1 is 1.32 bits per heavy atom. The maximum atomic E-state index is 12.8. The first-order chi connectivity index (χ1) is 13.3. The van der Waals surface area contributed by atoms with Gasteiger partial charge >= 0.3 is 0 Å². The predicted molar refractivity (Wildman–Crippen MR) is 112 cm³/mol. The van der Waals surface area contributed by atoms with Crippen molar-refractivity contribution in [1.29, 1.82) is 0 Å². The summed E-state index contributed by atoms with van der Waals surface area (Å²) in [5, 5.41) is 9.83. The molecule has 1 unspecified atom stereocenters. The van der Waals surface area contributed by atoms with Crippen molar-refractivity contribution in [1.82, 2.24) is 9.78 Å². The molecule has 9 heteroatoms. The molecule has 1 N–H and O–H groups in total. The van der Waals surface area contributed by atoms with E-state index in [0.717, 1.165) is 16.1 Å². The normalized spacial score (nSPS) is 18.3. The van der Waals surface area contributed by atoms with Gasteiger partial charge in [-0.15, -0.1) is 11.3 Å². The summed E-state index contributed by atoms with van der Waals surface area (Å²) < 4.78 is 25.6. The average molecular weight is 436 g/mol. The molecule has 1 fully saturated rings. The first kappa shape index (κ1) is 19.2. The van der Waals surface area contributed by atoms with Gasteiger partial charge in [-0.2, -0.15) is 5.10 Å². The minimum Gasteiger partial charge on any atom is -0.320 e. The van der Waals surface area contributed by atoms with E-state index in [0.29, 0.717) is 17.1 Å². The molecule has 0 radical (unpaired) electrons. The second-order valence-corrected chi connectivity index (χ2v) is 10.3. The standard InChI is InChI=1S/C19H18ClN3O3S2/c1-12-14(20)4-2-5-15(12)21-19(24)16-10-17(18-6-3-8-27-18)23(22-16)13-7-9-28(25,26)11-13/h2-6,8,10,13H,7,9,11H2,1H3,(H,21,24). The van der Waals surface area contributed by atoms with E-state index in [4.69, 9.17) is 11.6 Å². The zero-order valence-electron chi connectivity index (χ0n) is 15.1. The highest BCUT2D eigenvalue weighted by molar-refractivity contribution is 7.91. The van der Waals surface area contributed by atoms with Crippen molar-refractivity contribution in [3.8, 4) is 10.6 Å². The predicted octanol–water partition coefficient (Wildman–Crippen LogP) is 4.19. The molecule has 4 rings (SSSR count). The van der Waals surface area contributed by atoms with Crippen molar-refractivity contribution >= 4 is 44.4 Å². The molecule has 1 aliphatic heterocycles. The van der Waals surface area contributed by atoms with Crippen LogP contribution in [0.15, 0.2) is 41.8 Å². The number of hydrogen-bond acceptors (Lipinski definition) is 5. The van der Waals surface area contributed by atoms with E-state index >= 15 is 0 Å². The fourth-order valence-corrected chi connectivity index (χ4v) is 5.89. The number of nitrogens with one attached hydrogen (secondary N) is 1. The van der Waals surface area contributed by atoms with E-state index in [-0.39, 0.29) is 29.1 Å². The van der Waals surface area contributed by atoms with Gasteiger partial charge in [-0.05, 0) is 48.6 Å². The number of benzene rings is 1. The Hall–Kier alpha value is -2.16. The van der Waals surface area contributed by atoms with Crippen molar-refractivity contribution in [3.05, 3.63) is 58.1 Å². The van der Waals surface area contributed by atoms with Gasteiger partial charge in [0.15, 0.2) is 15.5 Å². The van der Waals surface area contributed by atoms with Gasteiger partial charge < -0.3 is 5.32 Å². The second-order valence-electron chi connectivity index (χ2n) is 6.76. The summed E-state index contributed by atoms with van der Waals surface area (Å²) in [7, 11) is -3.07. The second kappa shape index (κ2) is 7.35. The quantitative estimate of drug-likeness (QED) is 0.666. The molecule has 0 saturated carbocycles. The molecule has 6 nitrogen and oxygen atoms in total. The molecule has 1 aliphatic rings. The Kier molecular flexibility index (Phi) is 5.03. The van der Waals surface area contributed by atoms with Crippen LogP contribution in [0.25, 0.3) is 10.6 Å². The van der Waals surface area contributed by atoms with Crippen molar-refractivity contribution in [2.75, 3.05) is 16.8 Å². The molecule has 2 aromatic heterocycles. The van der Waals surface area contributed by atoms with E-state index in [9.17, 15) is 13.2 Å². The largest absolute Gasteiger partial charge is 0.320 e. The highest BCUT2D eigenvalue weighted by Gasteiger charge is 2.32. The van der Waals surface area contributed by atoms with Gasteiger partial charge in [0.25, 0.3) is 5.91 Å². The average Bonchev–Trinajstić information content (AvgIpc) is 3.37. The molecule has 3 heterocycles. The van der Waals surface area contributed by atoms with Crippen molar-refractivity contribution in [3.63, 3.8) is 0 Å². The maximum Gasteiger partial charge on any atom is 0.276 e. The van der Waals surface area contributed by atoms with E-state index < -0.39 is 9.84 Å². The smallest absolute Gasteiger partial charge is 0.276 e. The number of anilines is 1. The Balaban J connectivity index is 1.69. The summed E-state index contributed by atoms with van der Waals surface area (Å²) in [5.41, 5.74) is 2.39. The number of sulfone groups is 1. The van der Waals surface area contributed by atoms with Gasteiger partial charge in [0.1, 0.15) is 0 Å². The SMILES string of the molecule is Cc1c(Cl)cccc1NC(=O)c1cc(-c2cccs2)n(C2CCS(=O)(=O)C2)n1. The number of carbonyl (C=O) groups is 1. The Bertz CT molecular complexity index is 1140. The van der Waals surface area contributed by atoms with Crippen LogP contribution in [0.5, 0.6) is 0 Å². The minimum absolute atomic E-state index is 0.0432. The molecule has 1 saturated heterocycles. The molecule has 1 atom stereocenters. The fourth-order valence-electron chi connectivity index (χ4n) is 3.29. The van der Waals surface area contributed by atoms with Crippen LogP contribution in [-0.2, 0) is 9.84 Å². The lowest BCUT2D eigenvalue weighted by molar-refractivity contribution is 0.102. The zero-order valence-corrected chi connectivity index (χ0v) is 17.4. The number of carbonyl (C=O) groups excluding carboxylic acids is 1. The lowest BCUT2D eigenvalue weighted by atomic mass is 10.2. The van der Waals surface area contributed by atoms with Crippen LogP contribution in [0.1, 0.15) is 28.5 Å². The number of aromatic nitrogens is 2. The third-order valence-electron chi connectivity index (χ3n) is 4.81. The van der Waals surface area contributed by atoms with Gasteiger partial charge in [0.05, 0.1) is 28.1 Å². The van der Waals surface area contributed by atoms with Crippen LogP contribution in [0, 0.1) is 6.92 Å². The Morgan fingerprint density at radius 3 is 2.82 bits per heavy atom. The molecular weight excluding hydrogens is 418 g/mol. The first-order valence-electron chi connectivity index (χ1n) is 8.74. The van der Waals surface area contributed by atoms with E-state index in [1.807, 2.05) is 24.4 Å². The highest BCUT2D eigenvalue weighted by Crippen LogP contribution is 2.32. The number of nitrogens with zero attached hydrogens (tertiary/aromatic N) is 2. The van der Waals surface area contributed by atoms with Gasteiger partial charge in [-0.25, -0.2) is 8.42 Å². The molecule has 3 aromatic rings. The van der Waals surface area contributed by atoms with E-state index in [1.165, 1.54) is 11.3 Å². The lowest BCUT2D eigenvalue weighted by Crippen LogP contribution is -2.17. The third-order valence-corrected chi connectivity index (χ3v) is 7.86. The van der Waals surface area contributed by atoms with Crippen LogP contribution in [0.2, 0.25) is 5.02 Å². The Labute approximate surface area is 172 Å². The van der Waals surface area contributed by atoms with Crippen LogP contribution in [0.3, 0.4) is 0 Å². The van der Waals surface area contributed by atoms with Gasteiger partial charge in [0.2, 0.25) is 0 Å². The van der Waals surface area contributed by atoms with Crippen molar-refractivity contribution in [2.45, 2.75) is 19.4 Å². The topological polar surface area (TPSA) is 81.1 Å². The molecule has 0 spiro atoms. The summed E-state index contributed by atoms with van der Waals surface area (Å²) in [6.45, 7) is 1.83.